The molecule has 3 N–H and O–H groups in total. The molecule has 2 aromatic heterocycles. The summed E-state index contributed by atoms with van der Waals surface area (Å²) in [5.74, 6) is -0.420. The second kappa shape index (κ2) is 5.76. The highest BCUT2D eigenvalue weighted by Gasteiger charge is 2.35. The number of nitrogens with zero attached hydrogens (tertiary/aromatic N) is 2. The largest absolute Gasteiger partial charge is 0.391 e. The van der Waals surface area contributed by atoms with E-state index >= 15 is 0 Å². The standard InChI is InChI=1S/C15H18N4O3/c1-9-5-11(18-17-9)6-10-7-19(8-13(10)20)15(22)12-3-2-4-16-14(12)21/h2-5,10,13,20H,6-8H2,1H3,(H,16,21)(H,17,18)/t10-,13-/m1/s1. The van der Waals surface area contributed by atoms with Gasteiger partial charge in [-0.25, -0.2) is 0 Å². The number of carbonyl (C=O) groups is 1. The van der Waals surface area contributed by atoms with Gasteiger partial charge in [-0.05, 0) is 31.5 Å². The maximum absolute atomic E-state index is 12.4. The highest BCUT2D eigenvalue weighted by atomic mass is 16.3. The van der Waals surface area contributed by atoms with Crippen molar-refractivity contribution in [1.82, 2.24) is 20.1 Å². The van der Waals surface area contributed by atoms with Crippen LogP contribution in [0.4, 0.5) is 0 Å². The summed E-state index contributed by atoms with van der Waals surface area (Å²) in [7, 11) is 0. The second-order valence-electron chi connectivity index (χ2n) is 5.70. The van der Waals surface area contributed by atoms with Crippen LogP contribution in [0.1, 0.15) is 21.7 Å². The molecule has 0 bridgehead atoms. The molecular weight excluding hydrogens is 284 g/mol. The van der Waals surface area contributed by atoms with Crippen molar-refractivity contribution in [3.63, 3.8) is 0 Å². The van der Waals surface area contributed by atoms with Crippen molar-refractivity contribution >= 4 is 5.91 Å². The van der Waals surface area contributed by atoms with E-state index in [0.717, 1.165) is 11.4 Å². The van der Waals surface area contributed by atoms with E-state index in [-0.39, 0.29) is 23.9 Å². The quantitative estimate of drug-likeness (QED) is 0.747. The Hall–Kier alpha value is -2.41. The molecule has 3 heterocycles. The first-order valence-corrected chi connectivity index (χ1v) is 7.20. The Kier molecular flexibility index (Phi) is 3.81. The Morgan fingerprint density at radius 2 is 2.32 bits per heavy atom. The van der Waals surface area contributed by atoms with Crippen molar-refractivity contribution < 1.29 is 9.90 Å². The number of hydrogen-bond donors (Lipinski definition) is 3. The number of hydrogen-bond acceptors (Lipinski definition) is 4. The summed E-state index contributed by atoms with van der Waals surface area (Å²) in [4.78, 5) is 28.1. The third-order valence-corrected chi connectivity index (χ3v) is 3.97. The predicted molar refractivity (Wildman–Crippen MR) is 79.5 cm³/mol. The molecular formula is C15H18N4O3. The zero-order chi connectivity index (χ0) is 15.7. The van der Waals surface area contributed by atoms with E-state index in [2.05, 4.69) is 15.2 Å². The van der Waals surface area contributed by atoms with E-state index in [0.29, 0.717) is 13.0 Å². The topological polar surface area (TPSA) is 102 Å². The van der Waals surface area contributed by atoms with Crippen LogP contribution < -0.4 is 5.56 Å². The number of carbonyl (C=O) groups excluding carboxylic acids is 1. The number of aromatic amines is 2. The van der Waals surface area contributed by atoms with Crippen LogP contribution in [-0.2, 0) is 6.42 Å². The molecule has 0 radical (unpaired) electrons. The van der Waals surface area contributed by atoms with Crippen LogP contribution in [-0.4, -0.2) is 50.3 Å². The minimum absolute atomic E-state index is 0.0746. The molecule has 2 aromatic rings. The lowest BCUT2D eigenvalue weighted by Gasteiger charge is -2.15. The van der Waals surface area contributed by atoms with Crippen LogP contribution in [0.3, 0.4) is 0 Å². The number of nitrogens with one attached hydrogen (secondary N) is 2. The smallest absolute Gasteiger partial charge is 0.260 e. The molecule has 0 unspecified atom stereocenters. The van der Waals surface area contributed by atoms with E-state index in [1.54, 1.807) is 6.07 Å². The van der Waals surface area contributed by atoms with Gasteiger partial charge in [-0.15, -0.1) is 0 Å². The van der Waals surface area contributed by atoms with Crippen LogP contribution in [0.25, 0.3) is 0 Å². The summed E-state index contributed by atoms with van der Waals surface area (Å²) >= 11 is 0. The Bertz CT molecular complexity index is 736. The van der Waals surface area contributed by atoms with Crippen LogP contribution >= 0.6 is 0 Å². The Balaban J connectivity index is 1.71. The number of rotatable bonds is 3. The Morgan fingerprint density at radius 3 is 3.00 bits per heavy atom. The average Bonchev–Trinajstić information content (AvgIpc) is 3.06. The van der Waals surface area contributed by atoms with Crippen molar-refractivity contribution in [3.05, 3.63) is 51.7 Å². The van der Waals surface area contributed by atoms with Crippen molar-refractivity contribution in [2.24, 2.45) is 5.92 Å². The summed E-state index contributed by atoms with van der Waals surface area (Å²) in [6, 6.07) is 5.04. The molecule has 0 aromatic carbocycles. The Morgan fingerprint density at radius 1 is 1.50 bits per heavy atom. The van der Waals surface area contributed by atoms with Crippen molar-refractivity contribution in [1.29, 1.82) is 0 Å². The molecule has 3 rings (SSSR count). The van der Waals surface area contributed by atoms with E-state index < -0.39 is 11.7 Å². The van der Waals surface area contributed by atoms with E-state index in [9.17, 15) is 14.7 Å². The number of aliphatic hydroxyl groups excluding tert-OH is 1. The minimum Gasteiger partial charge on any atom is -0.391 e. The average molecular weight is 302 g/mol. The van der Waals surface area contributed by atoms with Crippen molar-refractivity contribution in [3.8, 4) is 0 Å². The molecule has 7 nitrogen and oxygen atoms in total. The number of pyridine rings is 1. The number of aliphatic hydroxyl groups is 1. The molecule has 2 atom stereocenters. The van der Waals surface area contributed by atoms with Gasteiger partial charge in [0, 0.05) is 30.9 Å². The summed E-state index contributed by atoms with van der Waals surface area (Å²) in [6.07, 6.45) is 1.48. The van der Waals surface area contributed by atoms with Gasteiger partial charge in [0.1, 0.15) is 5.56 Å². The third-order valence-electron chi connectivity index (χ3n) is 3.97. The first-order chi connectivity index (χ1) is 10.5. The maximum Gasteiger partial charge on any atom is 0.260 e. The predicted octanol–water partition coefficient (Wildman–Crippen LogP) is 0.0820. The monoisotopic (exact) mass is 302 g/mol. The highest BCUT2D eigenvalue weighted by molar-refractivity contribution is 5.94. The van der Waals surface area contributed by atoms with Crippen LogP contribution in [0.5, 0.6) is 0 Å². The van der Waals surface area contributed by atoms with Gasteiger partial charge in [0.25, 0.3) is 11.5 Å². The first kappa shape index (κ1) is 14.5. The molecule has 0 aliphatic carbocycles. The van der Waals surface area contributed by atoms with Crippen molar-refractivity contribution in [2.45, 2.75) is 19.4 Å². The van der Waals surface area contributed by atoms with Crippen LogP contribution in [0, 0.1) is 12.8 Å². The molecule has 0 saturated carbocycles. The third kappa shape index (κ3) is 2.80. The van der Waals surface area contributed by atoms with Crippen LogP contribution in [0.2, 0.25) is 0 Å². The van der Waals surface area contributed by atoms with Crippen LogP contribution in [0.15, 0.2) is 29.2 Å². The molecule has 1 fully saturated rings. The fourth-order valence-corrected chi connectivity index (χ4v) is 2.83. The van der Waals surface area contributed by atoms with Gasteiger partial charge < -0.3 is 15.0 Å². The van der Waals surface area contributed by atoms with Gasteiger partial charge in [-0.3, -0.25) is 14.7 Å². The molecule has 0 spiro atoms. The molecule has 1 amide bonds. The molecule has 1 aliphatic heterocycles. The summed E-state index contributed by atoms with van der Waals surface area (Å²) < 4.78 is 0. The summed E-state index contributed by atoms with van der Waals surface area (Å²) in [5, 5.41) is 17.2. The van der Waals surface area contributed by atoms with Gasteiger partial charge in [-0.1, -0.05) is 0 Å². The van der Waals surface area contributed by atoms with E-state index in [4.69, 9.17) is 0 Å². The van der Waals surface area contributed by atoms with Crippen molar-refractivity contribution in [2.75, 3.05) is 13.1 Å². The minimum atomic E-state index is -0.608. The first-order valence-electron chi connectivity index (χ1n) is 7.20. The van der Waals surface area contributed by atoms with Gasteiger partial charge in [0.2, 0.25) is 0 Å². The molecule has 7 heteroatoms. The van der Waals surface area contributed by atoms with E-state index in [1.807, 2.05) is 13.0 Å². The zero-order valence-corrected chi connectivity index (χ0v) is 12.2. The Labute approximate surface area is 127 Å². The highest BCUT2D eigenvalue weighted by Crippen LogP contribution is 2.22. The van der Waals surface area contributed by atoms with Gasteiger partial charge in [-0.2, -0.15) is 5.10 Å². The lowest BCUT2D eigenvalue weighted by Crippen LogP contribution is -2.33. The number of aromatic nitrogens is 3. The maximum atomic E-state index is 12.4. The summed E-state index contributed by atoms with van der Waals surface area (Å²) in [6.45, 7) is 2.57. The van der Waals surface area contributed by atoms with Gasteiger partial charge in [0.05, 0.1) is 11.8 Å². The molecule has 1 aliphatic rings. The zero-order valence-electron chi connectivity index (χ0n) is 12.2. The number of aryl methyl sites for hydroxylation is 1. The fourth-order valence-electron chi connectivity index (χ4n) is 2.83. The molecule has 1 saturated heterocycles. The normalized spacial score (nSPS) is 21.3. The SMILES string of the molecule is Cc1cc(C[C@@H]2CN(C(=O)c3ccc[nH]c3=O)C[C@H]2O)n[nH]1. The summed E-state index contributed by atoms with van der Waals surface area (Å²) in [5.41, 5.74) is 1.53. The molecule has 22 heavy (non-hydrogen) atoms. The molecule has 116 valence electrons. The second-order valence-corrected chi connectivity index (χ2v) is 5.70. The van der Waals surface area contributed by atoms with Gasteiger partial charge in [0.15, 0.2) is 0 Å². The lowest BCUT2D eigenvalue weighted by atomic mass is 10.0. The number of amides is 1. The number of β-amino-alcohol motifs (C(OH)–C–C–N with tert-alkyl or cyclic N) is 1. The number of likely N-dealkylation sites (tertiary alicyclic amines) is 1. The fraction of sp³-hybridized carbons (Fsp3) is 0.400. The van der Waals surface area contributed by atoms with E-state index in [1.165, 1.54) is 17.2 Å². The lowest BCUT2D eigenvalue weighted by molar-refractivity contribution is 0.0763. The van der Waals surface area contributed by atoms with Gasteiger partial charge >= 0.3 is 0 Å². The number of H-pyrrole nitrogens is 2.